The minimum absolute atomic E-state index is 0.112. The number of fused-ring (bicyclic) bond motifs is 1. The number of phosphoric acid groups is 1. The van der Waals surface area contributed by atoms with E-state index >= 15 is 0 Å². The molecule has 2 aliphatic rings. The molecule has 0 amide bonds. The fourth-order valence-electron chi connectivity index (χ4n) is 4.97. The van der Waals surface area contributed by atoms with Crippen molar-refractivity contribution in [3.05, 3.63) is 27.1 Å². The number of hydrogen-bond acceptors (Lipinski definition) is 17. The summed E-state index contributed by atoms with van der Waals surface area (Å²) in [5.74, 6) is -0.283. The van der Waals surface area contributed by atoms with Crippen LogP contribution in [0.25, 0.3) is 21.6 Å². The molecular formula is C22H39N9O15P2. The van der Waals surface area contributed by atoms with Crippen LogP contribution < -0.4 is 11.3 Å². The number of anilines is 1. The van der Waals surface area contributed by atoms with Gasteiger partial charge in [0, 0.05) is 4.91 Å². The minimum atomic E-state index is -5.88. The molecule has 24 nitrogen and oxygen atoms in total. The zero-order valence-electron chi connectivity index (χ0n) is 25.8. The van der Waals surface area contributed by atoms with E-state index in [4.69, 9.17) is 35.3 Å². The number of rotatable bonds is 12. The molecule has 48 heavy (non-hydrogen) atoms. The van der Waals surface area contributed by atoms with Gasteiger partial charge in [-0.1, -0.05) is 25.9 Å². The summed E-state index contributed by atoms with van der Waals surface area (Å²) in [4.78, 5) is 55.2. The van der Waals surface area contributed by atoms with Gasteiger partial charge in [-0.3, -0.25) is 18.9 Å². The number of nitrogens with zero attached hydrogens (tertiary/aromatic N) is 7. The largest absolute Gasteiger partial charge is 0.476 e. The highest BCUT2D eigenvalue weighted by molar-refractivity contribution is 7.64. The van der Waals surface area contributed by atoms with Gasteiger partial charge >= 0.3 is 15.4 Å². The number of aliphatic hydroxyl groups excluding tert-OH is 5. The lowest BCUT2D eigenvalue weighted by Gasteiger charge is -2.48. The van der Waals surface area contributed by atoms with Gasteiger partial charge in [0.1, 0.15) is 36.6 Å². The number of aromatic amines is 1. The number of aliphatic hydroxyl groups is 5. The smallest absolute Gasteiger partial charge is 0.387 e. The van der Waals surface area contributed by atoms with Crippen LogP contribution in [0.2, 0.25) is 0 Å². The number of azide groups is 1. The van der Waals surface area contributed by atoms with Gasteiger partial charge in [0.15, 0.2) is 23.7 Å². The van der Waals surface area contributed by atoms with Crippen molar-refractivity contribution in [2.24, 2.45) is 5.11 Å². The molecule has 2 aliphatic heterocycles. The third kappa shape index (κ3) is 8.40. The van der Waals surface area contributed by atoms with Crippen molar-refractivity contribution >= 4 is 32.5 Å². The van der Waals surface area contributed by atoms with Gasteiger partial charge in [0.2, 0.25) is 11.3 Å². The number of H-pyrrole nitrogens is 1. The third-order valence-corrected chi connectivity index (χ3v) is 10.8. The molecule has 272 valence electrons. The van der Waals surface area contributed by atoms with Crippen LogP contribution in [0, 0.1) is 0 Å². The molecule has 1 unspecified atom stereocenters. The maximum Gasteiger partial charge on any atom is 0.476 e. The summed E-state index contributed by atoms with van der Waals surface area (Å²) >= 11 is 0. The lowest BCUT2D eigenvalue weighted by Crippen LogP contribution is -2.66. The van der Waals surface area contributed by atoms with Crippen molar-refractivity contribution in [2.45, 2.75) is 75.3 Å². The Kier molecular flexibility index (Phi) is 13.2. The van der Waals surface area contributed by atoms with Gasteiger partial charge in [-0.05, 0) is 25.2 Å². The molecule has 11 N–H and O–H groups in total. The second kappa shape index (κ2) is 16.0. The van der Waals surface area contributed by atoms with Crippen LogP contribution in [0.3, 0.4) is 0 Å². The van der Waals surface area contributed by atoms with Crippen LogP contribution in [0.15, 0.2) is 16.2 Å². The standard InChI is InChI=1S/C16H24N8O15P2.C6H15N/c17-15-21-11-5(12(30)22-15)19-3-24(11)13-8(27)6(25)4(37-13)1-36-14-9(28)7(26)10(29)16(38-14,2-20-23-18)40(31,32)39-41(33,34)35;1-4-7(5-2)6-3/h3-4,6-10,13-14,25-29H,1-2H2,(H,31,32)(H2,33,34,35)(H3,17,21,22,30);4-6H2,1-3H3/t4-,6-,7+,8-,9+,10+,13-,14+,16-;/m1./s1. The number of nitrogens with one attached hydrogen (secondary N) is 1. The first kappa shape index (κ1) is 39.8. The molecule has 10 atom stereocenters. The summed E-state index contributed by atoms with van der Waals surface area (Å²) in [6.07, 6.45) is -14.6. The molecule has 0 saturated carbocycles. The van der Waals surface area contributed by atoms with Crippen LogP contribution in [-0.4, -0.2) is 146 Å². The lowest BCUT2D eigenvalue weighted by molar-refractivity contribution is -0.315. The molecule has 2 aromatic heterocycles. The Bertz CT molecular complexity index is 1590. The quantitative estimate of drug-likeness (QED) is 0.0464. The Morgan fingerprint density at radius 1 is 1.10 bits per heavy atom. The van der Waals surface area contributed by atoms with Crippen LogP contribution >= 0.6 is 15.4 Å². The first-order valence-electron chi connectivity index (χ1n) is 14.3. The Hall–Kier alpha value is -2.60. The van der Waals surface area contributed by atoms with Gasteiger partial charge < -0.3 is 65.1 Å². The van der Waals surface area contributed by atoms with Crippen molar-refractivity contribution in [1.29, 1.82) is 0 Å². The highest BCUT2D eigenvalue weighted by atomic mass is 31.3. The van der Waals surface area contributed by atoms with E-state index in [1.165, 1.54) is 19.6 Å². The van der Waals surface area contributed by atoms with E-state index in [0.717, 1.165) is 10.9 Å². The molecule has 2 saturated heterocycles. The van der Waals surface area contributed by atoms with Crippen LogP contribution in [0.4, 0.5) is 5.95 Å². The molecule has 0 aliphatic carbocycles. The highest BCUT2D eigenvalue weighted by Gasteiger charge is 2.65. The fraction of sp³-hybridized carbons (Fsp3) is 0.773. The summed E-state index contributed by atoms with van der Waals surface area (Å²) < 4.78 is 45.3. The van der Waals surface area contributed by atoms with Crippen molar-refractivity contribution in [3.63, 3.8) is 0 Å². The van der Waals surface area contributed by atoms with Gasteiger partial charge in [0.25, 0.3) is 5.56 Å². The molecule has 2 fully saturated rings. The zero-order chi connectivity index (χ0) is 36.2. The average molecular weight is 732 g/mol. The molecular weight excluding hydrogens is 692 g/mol. The Morgan fingerprint density at radius 2 is 1.73 bits per heavy atom. The predicted octanol–water partition coefficient (Wildman–Crippen LogP) is -2.57. The van der Waals surface area contributed by atoms with Crippen LogP contribution in [0.5, 0.6) is 0 Å². The first-order valence-corrected chi connectivity index (χ1v) is 17.4. The van der Waals surface area contributed by atoms with Crippen LogP contribution in [0.1, 0.15) is 27.0 Å². The van der Waals surface area contributed by atoms with Crippen molar-refractivity contribution < 1.29 is 67.9 Å². The zero-order valence-corrected chi connectivity index (χ0v) is 27.6. The van der Waals surface area contributed by atoms with Crippen LogP contribution in [-0.2, 0) is 27.7 Å². The van der Waals surface area contributed by atoms with E-state index in [2.05, 4.69) is 55.0 Å². The van der Waals surface area contributed by atoms with Gasteiger partial charge in [-0.15, -0.1) is 0 Å². The van der Waals surface area contributed by atoms with E-state index in [-0.39, 0.29) is 17.1 Å². The Morgan fingerprint density at radius 3 is 2.27 bits per heavy atom. The number of nitrogens with two attached hydrogens (primary N) is 1. The predicted molar refractivity (Wildman–Crippen MR) is 160 cm³/mol. The number of aromatic nitrogens is 4. The topological polar surface area (TPSA) is 374 Å². The molecule has 26 heteroatoms. The monoisotopic (exact) mass is 731 g/mol. The maximum atomic E-state index is 12.9. The van der Waals surface area contributed by atoms with E-state index in [0.29, 0.717) is 0 Å². The normalized spacial score (nSPS) is 32.0. The Balaban J connectivity index is 0.000000804. The summed E-state index contributed by atoms with van der Waals surface area (Å²) in [6.45, 7) is 7.98. The van der Waals surface area contributed by atoms with Gasteiger partial charge in [-0.25, -0.2) is 13.9 Å². The second-order valence-electron chi connectivity index (χ2n) is 10.5. The lowest BCUT2D eigenvalue weighted by atomic mass is 9.98. The van der Waals surface area contributed by atoms with Crippen molar-refractivity contribution in [3.8, 4) is 0 Å². The molecule has 2 aromatic rings. The van der Waals surface area contributed by atoms with Crippen molar-refractivity contribution in [1.82, 2.24) is 24.4 Å². The number of nitrogen functional groups attached to an aromatic ring is 1. The summed E-state index contributed by atoms with van der Waals surface area (Å²) in [6, 6.07) is 0. The molecule has 4 heterocycles. The van der Waals surface area contributed by atoms with E-state index < -0.39 is 88.6 Å². The molecule has 0 radical (unpaired) electrons. The van der Waals surface area contributed by atoms with E-state index in [1.807, 2.05) is 0 Å². The number of ether oxygens (including phenoxy) is 3. The van der Waals surface area contributed by atoms with E-state index in [9.17, 15) is 44.4 Å². The maximum absolute atomic E-state index is 12.9. The molecule has 0 spiro atoms. The summed E-state index contributed by atoms with van der Waals surface area (Å²) in [5.41, 5.74) is 13.3. The average Bonchev–Trinajstić information content (AvgIpc) is 3.55. The SMILES string of the molecule is CCN(CC)CC.[N-]=[N+]=NC[C@]1(P(=O)(O)OP(=O)(O)O)O[C@H](OC[C@H]2O[C@@H](n3cnc4c(=O)[nH]c(N)nc43)[C@H](O)[C@@H]2O)[C@@H](O)[C@H](O)[C@@H]1O. The Labute approximate surface area is 271 Å². The number of hydrogen-bond donors (Lipinski definition) is 10. The minimum Gasteiger partial charge on any atom is -0.387 e. The number of imidazole rings is 1. The van der Waals surface area contributed by atoms with Gasteiger partial charge in [0.05, 0.1) is 19.5 Å². The third-order valence-electron chi connectivity index (χ3n) is 7.62. The molecule has 0 aromatic carbocycles. The summed E-state index contributed by atoms with van der Waals surface area (Å²) in [7, 11) is -11.6. The summed E-state index contributed by atoms with van der Waals surface area (Å²) in [5, 5.41) is 52.0. The second-order valence-corrected chi connectivity index (χ2v) is 13.9. The first-order chi connectivity index (χ1) is 22.4. The van der Waals surface area contributed by atoms with Crippen molar-refractivity contribution in [2.75, 3.05) is 38.5 Å². The molecule has 4 rings (SSSR count). The molecule has 0 bridgehead atoms. The van der Waals surface area contributed by atoms with E-state index in [1.54, 1.807) is 0 Å². The fourth-order valence-corrected chi connectivity index (χ4v) is 7.65. The highest BCUT2D eigenvalue weighted by Crippen LogP contribution is 2.67. The van der Waals surface area contributed by atoms with Gasteiger partial charge in [-0.2, -0.15) is 4.98 Å².